The molecule has 0 spiro atoms. The Hall–Kier alpha value is -2.43. The number of nitrogens with zero attached hydrogens (tertiary/aromatic N) is 3. The molecule has 1 heterocycles. The third-order valence-corrected chi connectivity index (χ3v) is 4.38. The van der Waals surface area contributed by atoms with Gasteiger partial charge in [0, 0.05) is 6.04 Å². The molecule has 0 bridgehead atoms. The van der Waals surface area contributed by atoms with Gasteiger partial charge in [0.15, 0.2) is 0 Å². The van der Waals surface area contributed by atoms with E-state index in [4.69, 9.17) is 0 Å². The van der Waals surface area contributed by atoms with E-state index in [1.807, 2.05) is 6.08 Å². The fourth-order valence-electron chi connectivity index (χ4n) is 3.32. The maximum Gasteiger partial charge on any atom is 0.242 e. The zero-order valence-corrected chi connectivity index (χ0v) is 12.3. The topological polar surface area (TPSA) is 59.8 Å². The SMILES string of the molecule is O=C(Cn1nnc2c1C=CCC2)NC1Cc2ccccc2C1. The van der Waals surface area contributed by atoms with Crippen LogP contribution < -0.4 is 5.32 Å². The van der Waals surface area contributed by atoms with Gasteiger partial charge in [-0.25, -0.2) is 4.68 Å². The highest BCUT2D eigenvalue weighted by molar-refractivity contribution is 5.76. The number of carbonyl (C=O) groups excluding carboxylic acids is 1. The van der Waals surface area contributed by atoms with Crippen molar-refractivity contribution in [2.75, 3.05) is 0 Å². The van der Waals surface area contributed by atoms with E-state index in [1.54, 1.807) is 4.68 Å². The molecule has 0 saturated heterocycles. The van der Waals surface area contributed by atoms with Gasteiger partial charge in [-0.3, -0.25) is 4.79 Å². The lowest BCUT2D eigenvalue weighted by Crippen LogP contribution is -2.37. The first kappa shape index (κ1) is 13.2. The van der Waals surface area contributed by atoms with Crippen LogP contribution in [0.1, 0.15) is 28.9 Å². The lowest BCUT2D eigenvalue weighted by molar-refractivity contribution is -0.122. The fraction of sp³-hybridized carbons (Fsp3) is 0.353. The van der Waals surface area contributed by atoms with Gasteiger partial charge in [0.2, 0.25) is 5.91 Å². The number of fused-ring (bicyclic) bond motifs is 2. The summed E-state index contributed by atoms with van der Waals surface area (Å²) in [7, 11) is 0. The highest BCUT2D eigenvalue weighted by Crippen LogP contribution is 2.21. The molecule has 5 nitrogen and oxygen atoms in total. The molecule has 1 N–H and O–H groups in total. The smallest absolute Gasteiger partial charge is 0.242 e. The minimum absolute atomic E-state index is 0.00415. The summed E-state index contributed by atoms with van der Waals surface area (Å²) in [5.41, 5.74) is 4.64. The van der Waals surface area contributed by atoms with Gasteiger partial charge >= 0.3 is 0 Å². The Balaban J connectivity index is 1.40. The van der Waals surface area contributed by atoms with E-state index in [-0.39, 0.29) is 18.5 Å². The summed E-state index contributed by atoms with van der Waals surface area (Å²) < 4.78 is 1.70. The van der Waals surface area contributed by atoms with E-state index >= 15 is 0 Å². The fourth-order valence-corrected chi connectivity index (χ4v) is 3.32. The van der Waals surface area contributed by atoms with E-state index in [9.17, 15) is 4.79 Å². The van der Waals surface area contributed by atoms with Crippen LogP contribution in [-0.2, 0) is 30.6 Å². The maximum absolute atomic E-state index is 12.3. The Labute approximate surface area is 129 Å². The van der Waals surface area contributed by atoms with Gasteiger partial charge in [-0.15, -0.1) is 5.10 Å². The van der Waals surface area contributed by atoms with Crippen molar-refractivity contribution in [2.45, 2.75) is 38.3 Å². The number of rotatable bonds is 3. The number of benzene rings is 1. The highest BCUT2D eigenvalue weighted by Gasteiger charge is 2.23. The summed E-state index contributed by atoms with van der Waals surface area (Å²) in [5, 5.41) is 11.4. The highest BCUT2D eigenvalue weighted by atomic mass is 16.2. The zero-order valence-electron chi connectivity index (χ0n) is 12.3. The molecule has 2 aliphatic rings. The maximum atomic E-state index is 12.3. The summed E-state index contributed by atoms with van der Waals surface area (Å²) in [6.07, 6.45) is 7.85. The molecule has 0 unspecified atom stereocenters. The number of aryl methyl sites for hydroxylation is 1. The van der Waals surface area contributed by atoms with E-state index in [0.29, 0.717) is 0 Å². The van der Waals surface area contributed by atoms with Crippen LogP contribution in [0.4, 0.5) is 0 Å². The molecule has 112 valence electrons. The van der Waals surface area contributed by atoms with Gasteiger partial charge in [-0.2, -0.15) is 0 Å². The molecule has 5 heteroatoms. The predicted molar refractivity (Wildman–Crippen MR) is 83.2 cm³/mol. The standard InChI is InChI=1S/C17H18N4O/c22-17(11-21-16-8-4-3-7-15(16)19-20-21)18-14-9-12-5-1-2-6-13(12)10-14/h1-2,4-6,8,14H,3,7,9-11H2,(H,18,22). The van der Waals surface area contributed by atoms with E-state index in [0.717, 1.165) is 37.1 Å². The van der Waals surface area contributed by atoms with Crippen LogP contribution in [0.5, 0.6) is 0 Å². The first-order valence-corrected chi connectivity index (χ1v) is 7.74. The Morgan fingerprint density at radius 3 is 2.82 bits per heavy atom. The first-order chi connectivity index (χ1) is 10.8. The van der Waals surface area contributed by atoms with E-state index in [2.05, 4.69) is 46.0 Å². The molecule has 4 rings (SSSR count). The van der Waals surface area contributed by atoms with Crippen molar-refractivity contribution in [3.63, 3.8) is 0 Å². The van der Waals surface area contributed by atoms with E-state index < -0.39 is 0 Å². The number of hydrogen-bond acceptors (Lipinski definition) is 3. The van der Waals surface area contributed by atoms with Crippen LogP contribution in [0.2, 0.25) is 0 Å². The zero-order chi connectivity index (χ0) is 14.9. The molecule has 0 aliphatic heterocycles. The molecule has 2 aromatic rings. The second-order valence-electron chi connectivity index (χ2n) is 5.96. The van der Waals surface area contributed by atoms with Gasteiger partial charge in [0.25, 0.3) is 0 Å². The molecule has 1 aromatic heterocycles. The molecular formula is C17H18N4O. The van der Waals surface area contributed by atoms with Gasteiger partial charge in [0.1, 0.15) is 6.54 Å². The summed E-state index contributed by atoms with van der Waals surface area (Å²) in [5.74, 6) is 0.00415. The molecule has 1 amide bonds. The number of amides is 1. The molecule has 0 atom stereocenters. The Bertz CT molecular complexity index is 722. The van der Waals surface area contributed by atoms with Crippen LogP contribution in [-0.4, -0.2) is 26.9 Å². The van der Waals surface area contributed by atoms with Crippen molar-refractivity contribution in [1.29, 1.82) is 0 Å². The van der Waals surface area contributed by atoms with E-state index in [1.165, 1.54) is 11.1 Å². The van der Waals surface area contributed by atoms with Crippen LogP contribution in [0, 0.1) is 0 Å². The molecule has 0 fully saturated rings. The van der Waals surface area contributed by atoms with Crippen molar-refractivity contribution in [1.82, 2.24) is 20.3 Å². The normalized spacial score (nSPS) is 16.4. The average molecular weight is 294 g/mol. The Kier molecular flexibility index (Phi) is 3.25. The predicted octanol–water partition coefficient (Wildman–Crippen LogP) is 1.52. The molecule has 0 radical (unpaired) electrons. The molecule has 22 heavy (non-hydrogen) atoms. The average Bonchev–Trinajstić information content (AvgIpc) is 3.11. The van der Waals surface area contributed by atoms with Crippen molar-refractivity contribution < 1.29 is 4.79 Å². The number of nitrogens with one attached hydrogen (secondary N) is 1. The van der Waals surface area contributed by atoms with Crippen molar-refractivity contribution >= 4 is 12.0 Å². The minimum atomic E-state index is 0.00415. The van der Waals surface area contributed by atoms with Crippen LogP contribution >= 0.6 is 0 Å². The molecule has 2 aliphatic carbocycles. The number of allylic oxidation sites excluding steroid dienone is 1. The van der Waals surface area contributed by atoms with Crippen LogP contribution in [0.25, 0.3) is 6.08 Å². The summed E-state index contributed by atoms with van der Waals surface area (Å²) >= 11 is 0. The van der Waals surface area contributed by atoms with Gasteiger partial charge < -0.3 is 5.32 Å². The molecular weight excluding hydrogens is 276 g/mol. The Morgan fingerprint density at radius 1 is 1.27 bits per heavy atom. The second-order valence-corrected chi connectivity index (χ2v) is 5.96. The Morgan fingerprint density at radius 2 is 2.05 bits per heavy atom. The van der Waals surface area contributed by atoms with Crippen molar-refractivity contribution in [3.8, 4) is 0 Å². The summed E-state index contributed by atoms with van der Waals surface area (Å²) in [6, 6.07) is 8.58. The first-order valence-electron chi connectivity index (χ1n) is 7.74. The quantitative estimate of drug-likeness (QED) is 0.933. The minimum Gasteiger partial charge on any atom is -0.351 e. The lowest BCUT2D eigenvalue weighted by atomic mass is 10.1. The molecule has 0 saturated carbocycles. The lowest BCUT2D eigenvalue weighted by Gasteiger charge is -2.13. The second kappa shape index (κ2) is 5.40. The van der Waals surface area contributed by atoms with Gasteiger partial charge in [-0.05, 0) is 42.9 Å². The summed E-state index contributed by atoms with van der Waals surface area (Å²) in [6.45, 7) is 0.236. The van der Waals surface area contributed by atoms with Crippen LogP contribution in [0.15, 0.2) is 30.3 Å². The van der Waals surface area contributed by atoms with Gasteiger partial charge in [-0.1, -0.05) is 35.6 Å². The summed E-state index contributed by atoms with van der Waals surface area (Å²) in [4.78, 5) is 12.3. The largest absolute Gasteiger partial charge is 0.351 e. The third-order valence-electron chi connectivity index (χ3n) is 4.38. The monoisotopic (exact) mass is 294 g/mol. The van der Waals surface area contributed by atoms with Crippen molar-refractivity contribution in [2.24, 2.45) is 0 Å². The molecule has 1 aromatic carbocycles. The van der Waals surface area contributed by atoms with Crippen molar-refractivity contribution in [3.05, 3.63) is 52.9 Å². The van der Waals surface area contributed by atoms with Crippen LogP contribution in [0.3, 0.4) is 0 Å². The third kappa shape index (κ3) is 2.43. The number of hydrogen-bond donors (Lipinski definition) is 1. The van der Waals surface area contributed by atoms with Gasteiger partial charge in [0.05, 0.1) is 11.4 Å². The number of aromatic nitrogens is 3. The number of carbonyl (C=O) groups is 1.